The Morgan fingerprint density at radius 3 is 1.24 bits per heavy atom. The van der Waals surface area contributed by atoms with Crippen molar-refractivity contribution in [2.24, 2.45) is 5.73 Å². The Hall–Kier alpha value is -4.84. The second-order valence-electron chi connectivity index (χ2n) is 7.43. The highest BCUT2D eigenvalue weighted by Gasteiger charge is 2.30. The van der Waals surface area contributed by atoms with Crippen molar-refractivity contribution in [2.45, 2.75) is 0 Å². The van der Waals surface area contributed by atoms with Gasteiger partial charge in [0.1, 0.15) is 0 Å². The molecule has 34 heavy (non-hydrogen) atoms. The number of ketones is 2. The molecule has 0 bridgehead atoms. The van der Waals surface area contributed by atoms with Crippen LogP contribution in [0, 0.1) is 0 Å². The van der Waals surface area contributed by atoms with Crippen LogP contribution in [0.4, 0.5) is 11.4 Å². The largest absolute Gasteiger partial charge is 0.361 e. The van der Waals surface area contributed by atoms with Crippen molar-refractivity contribution in [1.29, 1.82) is 0 Å². The standard InChI is InChI=1S/C28H20N2O4/c29-27(33)28(34)30(23-17-9-7-15-21(23)25(31)19-11-3-1-4-12-19)24-18-10-8-16-22(24)26(32)20-13-5-2-6-14-20/h1-18H,(H2,29,33). The molecule has 0 saturated heterocycles. The molecule has 4 aromatic rings. The van der Waals surface area contributed by atoms with Gasteiger partial charge in [-0.1, -0.05) is 84.9 Å². The van der Waals surface area contributed by atoms with Gasteiger partial charge in [-0.15, -0.1) is 0 Å². The Labute approximate surface area is 196 Å². The maximum Gasteiger partial charge on any atom is 0.320 e. The minimum atomic E-state index is -1.22. The molecule has 4 rings (SSSR count). The molecule has 2 N–H and O–H groups in total. The maximum absolute atomic E-state index is 13.3. The normalized spacial score (nSPS) is 10.4. The Morgan fingerprint density at radius 2 is 0.853 bits per heavy atom. The molecule has 0 atom stereocenters. The number of hydrogen-bond acceptors (Lipinski definition) is 4. The fourth-order valence-electron chi connectivity index (χ4n) is 3.67. The van der Waals surface area contributed by atoms with Crippen LogP contribution in [0.5, 0.6) is 0 Å². The van der Waals surface area contributed by atoms with Crippen molar-refractivity contribution < 1.29 is 19.2 Å². The summed E-state index contributed by atoms with van der Waals surface area (Å²) in [6.45, 7) is 0. The Kier molecular flexibility index (Phi) is 6.41. The first-order chi connectivity index (χ1) is 16.5. The van der Waals surface area contributed by atoms with Crippen LogP contribution in [-0.4, -0.2) is 23.4 Å². The number of hydrogen-bond donors (Lipinski definition) is 1. The number of primary amides is 1. The van der Waals surface area contributed by atoms with Gasteiger partial charge in [0, 0.05) is 22.3 Å². The Morgan fingerprint density at radius 1 is 0.500 bits per heavy atom. The van der Waals surface area contributed by atoms with Gasteiger partial charge in [0.25, 0.3) is 0 Å². The summed E-state index contributed by atoms with van der Waals surface area (Å²) in [7, 11) is 0. The van der Waals surface area contributed by atoms with E-state index in [1.165, 1.54) is 0 Å². The molecule has 6 nitrogen and oxygen atoms in total. The second-order valence-corrected chi connectivity index (χ2v) is 7.43. The van der Waals surface area contributed by atoms with Crippen LogP contribution in [0.1, 0.15) is 31.8 Å². The van der Waals surface area contributed by atoms with Gasteiger partial charge in [-0.3, -0.25) is 24.1 Å². The number of anilines is 2. The molecule has 0 spiro atoms. The molecule has 0 fully saturated rings. The summed E-state index contributed by atoms with van der Waals surface area (Å²) in [5.41, 5.74) is 6.87. The highest BCUT2D eigenvalue weighted by Crippen LogP contribution is 2.33. The number of nitrogens with zero attached hydrogens (tertiary/aromatic N) is 1. The van der Waals surface area contributed by atoms with E-state index in [4.69, 9.17) is 5.73 Å². The number of para-hydroxylation sites is 2. The predicted molar refractivity (Wildman–Crippen MR) is 129 cm³/mol. The monoisotopic (exact) mass is 448 g/mol. The summed E-state index contributed by atoms with van der Waals surface area (Å²) in [6.07, 6.45) is 0. The van der Waals surface area contributed by atoms with Crippen molar-refractivity contribution in [3.8, 4) is 0 Å². The smallest absolute Gasteiger partial charge is 0.320 e. The van der Waals surface area contributed by atoms with Crippen molar-refractivity contribution in [3.63, 3.8) is 0 Å². The molecule has 166 valence electrons. The highest BCUT2D eigenvalue weighted by molar-refractivity contribution is 6.42. The molecule has 0 heterocycles. The molecule has 0 saturated carbocycles. The molecule has 4 aromatic carbocycles. The SMILES string of the molecule is NC(=O)C(=O)N(c1ccccc1C(=O)c1ccccc1)c1ccccc1C(=O)c1ccccc1. The van der Waals surface area contributed by atoms with Gasteiger partial charge >= 0.3 is 11.8 Å². The zero-order valence-corrected chi connectivity index (χ0v) is 18.0. The molecule has 0 radical (unpaired) electrons. The summed E-state index contributed by atoms with van der Waals surface area (Å²) in [4.78, 5) is 52.8. The number of carbonyl (C=O) groups is 4. The predicted octanol–water partition coefficient (Wildman–Crippen LogP) is 4.30. The highest BCUT2D eigenvalue weighted by atomic mass is 16.2. The lowest BCUT2D eigenvalue weighted by Crippen LogP contribution is -2.38. The van der Waals surface area contributed by atoms with Crippen molar-refractivity contribution in [1.82, 2.24) is 0 Å². The summed E-state index contributed by atoms with van der Waals surface area (Å²) >= 11 is 0. The molecule has 0 aliphatic heterocycles. The van der Waals surface area contributed by atoms with Crippen LogP contribution in [0.2, 0.25) is 0 Å². The van der Waals surface area contributed by atoms with E-state index in [0.717, 1.165) is 4.90 Å². The Balaban J connectivity index is 1.91. The van der Waals surface area contributed by atoms with Gasteiger partial charge in [-0.2, -0.15) is 0 Å². The van der Waals surface area contributed by atoms with E-state index < -0.39 is 11.8 Å². The van der Waals surface area contributed by atoms with Gasteiger partial charge in [-0.25, -0.2) is 0 Å². The number of benzene rings is 4. The minimum absolute atomic E-state index is 0.147. The first-order valence-electron chi connectivity index (χ1n) is 10.5. The van der Waals surface area contributed by atoms with Gasteiger partial charge in [0.2, 0.25) is 0 Å². The fourth-order valence-corrected chi connectivity index (χ4v) is 3.67. The first-order valence-corrected chi connectivity index (χ1v) is 10.5. The van der Waals surface area contributed by atoms with E-state index in [-0.39, 0.29) is 34.1 Å². The maximum atomic E-state index is 13.3. The Bertz CT molecular complexity index is 1290. The van der Waals surface area contributed by atoms with E-state index in [2.05, 4.69) is 0 Å². The van der Waals surface area contributed by atoms with E-state index >= 15 is 0 Å². The first kappa shape index (κ1) is 22.4. The topological polar surface area (TPSA) is 97.5 Å². The average molecular weight is 448 g/mol. The second kappa shape index (κ2) is 9.75. The van der Waals surface area contributed by atoms with E-state index in [9.17, 15) is 19.2 Å². The average Bonchev–Trinajstić information content (AvgIpc) is 2.89. The zero-order chi connectivity index (χ0) is 24.1. The molecule has 0 aliphatic rings. The van der Waals surface area contributed by atoms with Gasteiger partial charge in [0.05, 0.1) is 11.4 Å². The van der Waals surface area contributed by atoms with Crippen LogP contribution in [0.15, 0.2) is 109 Å². The number of amides is 2. The van der Waals surface area contributed by atoms with Crippen LogP contribution < -0.4 is 10.6 Å². The van der Waals surface area contributed by atoms with E-state index in [0.29, 0.717) is 11.1 Å². The molecule has 0 aliphatic carbocycles. The molecular formula is C28H20N2O4. The van der Waals surface area contributed by atoms with Crippen LogP contribution in [0.3, 0.4) is 0 Å². The fraction of sp³-hybridized carbons (Fsp3) is 0. The van der Waals surface area contributed by atoms with E-state index in [1.54, 1.807) is 109 Å². The third-order valence-corrected chi connectivity index (χ3v) is 5.26. The number of nitrogens with two attached hydrogens (primary N) is 1. The summed E-state index contributed by atoms with van der Waals surface area (Å²) in [5, 5.41) is 0. The molecule has 0 unspecified atom stereocenters. The van der Waals surface area contributed by atoms with Crippen molar-refractivity contribution in [3.05, 3.63) is 131 Å². The number of carbonyl (C=O) groups excluding carboxylic acids is 4. The molecule has 0 aromatic heterocycles. The van der Waals surface area contributed by atoms with Crippen molar-refractivity contribution in [2.75, 3.05) is 4.90 Å². The summed E-state index contributed by atoms with van der Waals surface area (Å²) in [6, 6.07) is 30.0. The molecular weight excluding hydrogens is 428 g/mol. The number of rotatable bonds is 6. The lowest BCUT2D eigenvalue weighted by atomic mass is 9.98. The van der Waals surface area contributed by atoms with Crippen LogP contribution in [0.25, 0.3) is 0 Å². The van der Waals surface area contributed by atoms with Gasteiger partial charge in [-0.05, 0) is 24.3 Å². The molecule has 6 heteroatoms. The summed E-state index contributed by atoms with van der Waals surface area (Å²) in [5.74, 6) is -2.97. The van der Waals surface area contributed by atoms with Crippen LogP contribution >= 0.6 is 0 Å². The molecule has 2 amide bonds. The summed E-state index contributed by atoms with van der Waals surface area (Å²) < 4.78 is 0. The van der Waals surface area contributed by atoms with Crippen LogP contribution in [-0.2, 0) is 9.59 Å². The van der Waals surface area contributed by atoms with E-state index in [1.807, 2.05) is 0 Å². The quantitative estimate of drug-likeness (QED) is 0.351. The van der Waals surface area contributed by atoms with Crippen molar-refractivity contribution >= 4 is 34.8 Å². The zero-order valence-electron chi connectivity index (χ0n) is 18.0. The third-order valence-electron chi connectivity index (χ3n) is 5.26. The van der Waals surface area contributed by atoms with Gasteiger partial charge < -0.3 is 5.73 Å². The van der Waals surface area contributed by atoms with Gasteiger partial charge in [0.15, 0.2) is 11.6 Å². The third kappa shape index (κ3) is 4.38. The minimum Gasteiger partial charge on any atom is -0.361 e. The lowest BCUT2D eigenvalue weighted by molar-refractivity contribution is -0.135. The lowest BCUT2D eigenvalue weighted by Gasteiger charge is -2.25.